The summed E-state index contributed by atoms with van der Waals surface area (Å²) in [6.45, 7) is 0. The van der Waals surface area contributed by atoms with Crippen LogP contribution in [-0.4, -0.2) is 24.6 Å². The monoisotopic (exact) mass is 327 g/mol. The van der Waals surface area contributed by atoms with Crippen LogP contribution in [0.1, 0.15) is 35.6 Å². The summed E-state index contributed by atoms with van der Waals surface area (Å²) >= 11 is 0. The quantitative estimate of drug-likeness (QED) is 0.910. The fourth-order valence-corrected chi connectivity index (χ4v) is 3.51. The normalized spacial score (nSPS) is 17.7. The lowest BCUT2D eigenvalue weighted by Crippen LogP contribution is -2.16. The van der Waals surface area contributed by atoms with Crippen molar-refractivity contribution in [2.75, 3.05) is 11.0 Å². The number of anilines is 1. The number of hydrogen-bond acceptors (Lipinski definition) is 3. The molecule has 1 aliphatic rings. The van der Waals surface area contributed by atoms with E-state index in [2.05, 4.69) is 20.8 Å². The second-order valence-electron chi connectivity index (χ2n) is 5.20. The minimum Gasteiger partial charge on any atom is -0.348 e. The number of halogens is 1. The van der Waals surface area contributed by atoms with E-state index >= 15 is 0 Å². The molecule has 1 heterocycles. The summed E-state index contributed by atoms with van der Waals surface area (Å²) in [4.78, 5) is 7.25. The van der Waals surface area contributed by atoms with E-state index < -0.39 is 10.0 Å². The van der Waals surface area contributed by atoms with Gasteiger partial charge < -0.3 is 4.98 Å². The molecule has 21 heavy (non-hydrogen) atoms. The molecule has 0 spiro atoms. The maximum atomic E-state index is 11.5. The number of aromatic amines is 1. The molecule has 0 amide bonds. The van der Waals surface area contributed by atoms with Crippen molar-refractivity contribution in [3.8, 4) is 0 Å². The highest BCUT2D eigenvalue weighted by Crippen LogP contribution is 2.38. The van der Waals surface area contributed by atoms with Crippen LogP contribution in [0, 0.1) is 0 Å². The number of imidazole rings is 1. The maximum absolute atomic E-state index is 11.5. The average Bonchev–Trinajstić information content (AvgIpc) is 2.90. The van der Waals surface area contributed by atoms with Crippen LogP contribution in [0.2, 0.25) is 0 Å². The van der Waals surface area contributed by atoms with Gasteiger partial charge in [-0.15, -0.1) is 12.4 Å². The zero-order valence-corrected chi connectivity index (χ0v) is 13.3. The van der Waals surface area contributed by atoms with Crippen molar-refractivity contribution in [2.24, 2.45) is 0 Å². The van der Waals surface area contributed by atoms with E-state index in [0.29, 0.717) is 5.69 Å². The van der Waals surface area contributed by atoms with Crippen LogP contribution in [0.5, 0.6) is 0 Å². The van der Waals surface area contributed by atoms with E-state index in [-0.39, 0.29) is 18.3 Å². The number of H-pyrrole nitrogens is 1. The third-order valence-electron chi connectivity index (χ3n) is 3.70. The number of fused-ring (bicyclic) bond motifs is 1. The molecular weight excluding hydrogens is 310 g/mol. The second-order valence-corrected chi connectivity index (χ2v) is 6.95. The molecule has 0 radical (unpaired) electrons. The minimum absolute atomic E-state index is 0. The third-order valence-corrected chi connectivity index (χ3v) is 4.29. The molecule has 0 saturated heterocycles. The van der Waals surface area contributed by atoms with Gasteiger partial charge >= 0.3 is 0 Å². The molecule has 7 heteroatoms. The number of sulfonamides is 1. The summed E-state index contributed by atoms with van der Waals surface area (Å²) in [5.74, 6) is 0.266. The van der Waals surface area contributed by atoms with Crippen molar-refractivity contribution in [1.82, 2.24) is 9.97 Å². The lowest BCUT2D eigenvalue weighted by Gasteiger charge is -2.26. The van der Waals surface area contributed by atoms with Crippen molar-refractivity contribution in [1.29, 1.82) is 0 Å². The van der Waals surface area contributed by atoms with Crippen molar-refractivity contribution in [3.63, 3.8) is 0 Å². The Balaban J connectivity index is 0.00000161. The van der Waals surface area contributed by atoms with E-state index in [1.165, 1.54) is 11.8 Å². The molecule has 0 saturated carbocycles. The van der Waals surface area contributed by atoms with Gasteiger partial charge in [-0.3, -0.25) is 4.72 Å². The summed E-state index contributed by atoms with van der Waals surface area (Å²) in [7, 11) is -3.25. The largest absolute Gasteiger partial charge is 0.348 e. The van der Waals surface area contributed by atoms with Crippen molar-refractivity contribution < 1.29 is 8.42 Å². The van der Waals surface area contributed by atoms with Gasteiger partial charge in [-0.25, -0.2) is 13.4 Å². The first-order valence-electron chi connectivity index (χ1n) is 6.62. The van der Waals surface area contributed by atoms with Crippen LogP contribution in [-0.2, 0) is 16.4 Å². The summed E-state index contributed by atoms with van der Waals surface area (Å²) in [5, 5.41) is 0. The highest BCUT2D eigenvalue weighted by atomic mass is 35.5. The first-order valence-corrected chi connectivity index (χ1v) is 8.51. The molecule has 2 N–H and O–H groups in total. The molecule has 1 atom stereocenters. The number of nitrogens with zero attached hydrogens (tertiary/aromatic N) is 1. The first kappa shape index (κ1) is 15.9. The lowest BCUT2D eigenvalue weighted by molar-refractivity contribution is 0.603. The van der Waals surface area contributed by atoms with Gasteiger partial charge in [-0.2, -0.15) is 0 Å². The summed E-state index contributed by atoms with van der Waals surface area (Å²) in [6.07, 6.45) is 7.70. The Bertz CT molecular complexity index is 714. The van der Waals surface area contributed by atoms with Crippen LogP contribution in [0.15, 0.2) is 30.7 Å². The standard InChI is InChI=1S/C14H17N3O2S.ClH/c1-20(18,19)17-13-7-3-4-10-11(13)5-2-6-12(10)14-8-15-9-16-14;/h3-4,7-9,12,17H,2,5-6H2,1H3,(H,15,16);1H. The molecule has 0 aliphatic heterocycles. The Morgan fingerprint density at radius 1 is 1.38 bits per heavy atom. The Morgan fingerprint density at radius 2 is 2.19 bits per heavy atom. The predicted octanol–water partition coefficient (Wildman–Crippen LogP) is 2.67. The minimum atomic E-state index is -3.25. The molecule has 114 valence electrons. The fraction of sp³-hybridized carbons (Fsp3) is 0.357. The highest BCUT2D eigenvalue weighted by molar-refractivity contribution is 7.92. The molecular formula is C14H18ClN3O2S. The number of hydrogen-bond donors (Lipinski definition) is 2. The highest BCUT2D eigenvalue weighted by Gasteiger charge is 2.25. The van der Waals surface area contributed by atoms with E-state index in [1.807, 2.05) is 18.3 Å². The molecule has 1 aromatic heterocycles. The van der Waals surface area contributed by atoms with Crippen molar-refractivity contribution in [3.05, 3.63) is 47.5 Å². The molecule has 1 aromatic carbocycles. The molecule has 1 unspecified atom stereocenters. The van der Waals surface area contributed by atoms with Gasteiger partial charge in [0, 0.05) is 17.8 Å². The summed E-state index contributed by atoms with van der Waals surface area (Å²) in [6, 6.07) is 5.81. The smallest absolute Gasteiger partial charge is 0.229 e. The topological polar surface area (TPSA) is 74.8 Å². The zero-order valence-electron chi connectivity index (χ0n) is 11.7. The van der Waals surface area contributed by atoms with E-state index in [0.717, 1.165) is 30.5 Å². The zero-order chi connectivity index (χ0) is 14.2. The van der Waals surface area contributed by atoms with Gasteiger partial charge in [-0.05, 0) is 36.5 Å². The SMILES string of the molecule is CS(=O)(=O)Nc1cccc2c1CCCC2c1cnc[nH]1.Cl. The number of benzene rings is 1. The predicted molar refractivity (Wildman–Crippen MR) is 85.5 cm³/mol. The number of rotatable bonds is 3. The Morgan fingerprint density at radius 3 is 2.86 bits per heavy atom. The molecule has 2 aromatic rings. The van der Waals surface area contributed by atoms with E-state index in [9.17, 15) is 8.42 Å². The van der Waals surface area contributed by atoms with Crippen molar-refractivity contribution >= 4 is 28.1 Å². The number of nitrogens with one attached hydrogen (secondary N) is 2. The fourth-order valence-electron chi connectivity index (χ4n) is 2.92. The molecule has 0 fully saturated rings. The van der Waals surface area contributed by atoms with Gasteiger partial charge in [-0.1, -0.05) is 12.1 Å². The summed E-state index contributed by atoms with van der Waals surface area (Å²) in [5.41, 5.74) is 4.08. The van der Waals surface area contributed by atoms with Gasteiger partial charge in [0.2, 0.25) is 10.0 Å². The first-order chi connectivity index (χ1) is 9.54. The van der Waals surface area contributed by atoms with E-state index in [4.69, 9.17) is 0 Å². The second kappa shape index (κ2) is 6.07. The molecule has 5 nitrogen and oxygen atoms in total. The summed E-state index contributed by atoms with van der Waals surface area (Å²) < 4.78 is 25.6. The van der Waals surface area contributed by atoms with Crippen molar-refractivity contribution in [2.45, 2.75) is 25.2 Å². The average molecular weight is 328 g/mol. The molecule has 3 rings (SSSR count). The molecule has 1 aliphatic carbocycles. The Hall–Kier alpha value is -1.53. The van der Waals surface area contributed by atoms with Crippen LogP contribution in [0.3, 0.4) is 0 Å². The van der Waals surface area contributed by atoms with Crippen LogP contribution in [0.4, 0.5) is 5.69 Å². The van der Waals surface area contributed by atoms with Crippen LogP contribution in [0.25, 0.3) is 0 Å². The number of aromatic nitrogens is 2. The Kier molecular flexibility index (Phi) is 4.58. The van der Waals surface area contributed by atoms with Crippen LogP contribution >= 0.6 is 12.4 Å². The van der Waals surface area contributed by atoms with Crippen LogP contribution < -0.4 is 4.72 Å². The van der Waals surface area contributed by atoms with Gasteiger partial charge in [0.25, 0.3) is 0 Å². The lowest BCUT2D eigenvalue weighted by atomic mass is 9.80. The molecule has 0 bridgehead atoms. The van der Waals surface area contributed by atoms with Gasteiger partial charge in [0.1, 0.15) is 0 Å². The Labute approximate surface area is 130 Å². The van der Waals surface area contributed by atoms with E-state index in [1.54, 1.807) is 6.33 Å². The van der Waals surface area contributed by atoms with Gasteiger partial charge in [0.05, 0.1) is 18.3 Å². The maximum Gasteiger partial charge on any atom is 0.229 e. The van der Waals surface area contributed by atoms with Gasteiger partial charge in [0.15, 0.2) is 0 Å². The third kappa shape index (κ3) is 3.39.